The first kappa shape index (κ1) is 17.5. The van der Waals surface area contributed by atoms with E-state index in [4.69, 9.17) is 4.74 Å². The van der Waals surface area contributed by atoms with E-state index in [-0.39, 0.29) is 19.3 Å². The summed E-state index contributed by atoms with van der Waals surface area (Å²) in [7, 11) is 0. The maximum atomic E-state index is 13.6. The molecule has 0 amide bonds. The standard InChI is InChI=1S/C11H16F6O3/c1-3-7(2)19-5-4-18-6-9(13)11(16,17)10(14,15)8(12)20-9/h7-8H,3-6H2,1-2H3. The Bertz CT molecular complexity index is 327. The molecule has 0 radical (unpaired) electrons. The maximum absolute atomic E-state index is 13.6. The van der Waals surface area contributed by atoms with Crippen LogP contribution in [0.2, 0.25) is 0 Å². The minimum atomic E-state index is -5.31. The quantitative estimate of drug-likeness (QED) is 0.534. The summed E-state index contributed by atoms with van der Waals surface area (Å²) in [5, 5.41) is 0. The molecule has 120 valence electrons. The lowest BCUT2D eigenvalue weighted by Gasteiger charge is -2.26. The second-order valence-corrected chi connectivity index (χ2v) is 4.50. The van der Waals surface area contributed by atoms with Crippen molar-refractivity contribution in [3.05, 3.63) is 0 Å². The molecule has 0 aliphatic carbocycles. The van der Waals surface area contributed by atoms with Crippen LogP contribution < -0.4 is 0 Å². The molecule has 1 saturated heterocycles. The third-order valence-corrected chi connectivity index (χ3v) is 2.96. The van der Waals surface area contributed by atoms with Crippen molar-refractivity contribution < 1.29 is 40.6 Å². The van der Waals surface area contributed by atoms with Crippen molar-refractivity contribution in [1.29, 1.82) is 0 Å². The summed E-state index contributed by atoms with van der Waals surface area (Å²) in [6.45, 7) is 1.74. The molecule has 3 unspecified atom stereocenters. The van der Waals surface area contributed by atoms with Gasteiger partial charge in [0.25, 0.3) is 6.36 Å². The van der Waals surface area contributed by atoms with Gasteiger partial charge < -0.3 is 9.47 Å². The third-order valence-electron chi connectivity index (χ3n) is 2.96. The number of alkyl halides is 6. The Morgan fingerprint density at radius 3 is 2.20 bits per heavy atom. The molecule has 0 aromatic carbocycles. The smallest absolute Gasteiger partial charge is 0.375 e. The monoisotopic (exact) mass is 310 g/mol. The van der Waals surface area contributed by atoms with Crippen LogP contribution in [0.15, 0.2) is 0 Å². The SMILES string of the molecule is CCC(C)OCCOCC1(F)OC(F)C(F)(F)C1(F)F. The summed E-state index contributed by atoms with van der Waals surface area (Å²) < 4.78 is 91.1. The fourth-order valence-corrected chi connectivity index (χ4v) is 1.46. The van der Waals surface area contributed by atoms with E-state index in [0.29, 0.717) is 6.42 Å². The van der Waals surface area contributed by atoms with Gasteiger partial charge in [0.1, 0.15) is 6.61 Å². The number of ether oxygens (including phenoxy) is 3. The first-order chi connectivity index (χ1) is 9.08. The number of hydrogen-bond donors (Lipinski definition) is 0. The Labute approximate surface area is 112 Å². The van der Waals surface area contributed by atoms with E-state index >= 15 is 0 Å². The van der Waals surface area contributed by atoms with Crippen LogP contribution in [-0.4, -0.2) is 50.0 Å². The van der Waals surface area contributed by atoms with Crippen LogP contribution in [0, 0.1) is 0 Å². The lowest BCUT2D eigenvalue weighted by atomic mass is 10.1. The van der Waals surface area contributed by atoms with E-state index in [2.05, 4.69) is 9.47 Å². The van der Waals surface area contributed by atoms with Gasteiger partial charge in [0.15, 0.2) is 0 Å². The second-order valence-electron chi connectivity index (χ2n) is 4.50. The van der Waals surface area contributed by atoms with Crippen molar-refractivity contribution >= 4 is 0 Å². The molecule has 0 aromatic rings. The van der Waals surface area contributed by atoms with Crippen LogP contribution in [0.4, 0.5) is 26.3 Å². The molecule has 1 heterocycles. The number of halogens is 6. The zero-order valence-electron chi connectivity index (χ0n) is 11.0. The van der Waals surface area contributed by atoms with Crippen molar-refractivity contribution in [3.63, 3.8) is 0 Å². The number of rotatable bonds is 7. The van der Waals surface area contributed by atoms with Crippen molar-refractivity contribution in [3.8, 4) is 0 Å². The summed E-state index contributed by atoms with van der Waals surface area (Å²) in [4.78, 5) is 0. The Kier molecular flexibility index (Phi) is 5.31. The van der Waals surface area contributed by atoms with E-state index in [1.165, 1.54) is 0 Å². The van der Waals surface area contributed by atoms with Crippen molar-refractivity contribution in [2.45, 2.75) is 50.4 Å². The topological polar surface area (TPSA) is 27.7 Å². The van der Waals surface area contributed by atoms with E-state index in [1.54, 1.807) is 6.92 Å². The zero-order valence-corrected chi connectivity index (χ0v) is 11.0. The fraction of sp³-hybridized carbons (Fsp3) is 1.00. The molecule has 0 aromatic heterocycles. The highest BCUT2D eigenvalue weighted by Crippen LogP contribution is 2.54. The minimum Gasteiger partial charge on any atom is -0.376 e. The van der Waals surface area contributed by atoms with Gasteiger partial charge in [-0.05, 0) is 13.3 Å². The molecule has 1 aliphatic rings. The lowest BCUT2D eigenvalue weighted by molar-refractivity contribution is -0.282. The molecule has 9 heteroatoms. The van der Waals surface area contributed by atoms with E-state index in [9.17, 15) is 26.3 Å². The highest BCUT2D eigenvalue weighted by atomic mass is 19.3. The minimum absolute atomic E-state index is 0.0356. The average Bonchev–Trinajstić information content (AvgIpc) is 2.47. The van der Waals surface area contributed by atoms with Crippen LogP contribution in [0.3, 0.4) is 0 Å². The van der Waals surface area contributed by atoms with Crippen LogP contribution in [0.25, 0.3) is 0 Å². The van der Waals surface area contributed by atoms with Crippen LogP contribution in [0.5, 0.6) is 0 Å². The summed E-state index contributed by atoms with van der Waals surface area (Å²) >= 11 is 0. The first-order valence-corrected chi connectivity index (χ1v) is 6.04. The van der Waals surface area contributed by atoms with Crippen LogP contribution in [0.1, 0.15) is 20.3 Å². The van der Waals surface area contributed by atoms with Gasteiger partial charge in [0, 0.05) is 0 Å². The van der Waals surface area contributed by atoms with E-state index in [1.807, 2.05) is 6.92 Å². The van der Waals surface area contributed by atoms with Crippen molar-refractivity contribution in [2.75, 3.05) is 19.8 Å². The van der Waals surface area contributed by atoms with Crippen LogP contribution in [-0.2, 0) is 14.2 Å². The van der Waals surface area contributed by atoms with Crippen LogP contribution >= 0.6 is 0 Å². The normalized spacial score (nSPS) is 33.3. The van der Waals surface area contributed by atoms with Gasteiger partial charge in [-0.15, -0.1) is 0 Å². The summed E-state index contributed by atoms with van der Waals surface area (Å²) in [5.74, 6) is -14.7. The summed E-state index contributed by atoms with van der Waals surface area (Å²) in [6, 6.07) is 0. The largest absolute Gasteiger partial charge is 0.376 e. The molecule has 20 heavy (non-hydrogen) atoms. The highest BCUT2D eigenvalue weighted by Gasteiger charge is 2.82. The molecule has 0 saturated carbocycles. The summed E-state index contributed by atoms with van der Waals surface area (Å²) in [5.41, 5.74) is 0. The number of hydrogen-bond acceptors (Lipinski definition) is 3. The van der Waals surface area contributed by atoms with Gasteiger partial charge >= 0.3 is 17.7 Å². The molecule has 0 bridgehead atoms. The Morgan fingerprint density at radius 1 is 1.15 bits per heavy atom. The molecule has 3 nitrogen and oxygen atoms in total. The van der Waals surface area contributed by atoms with Gasteiger partial charge in [-0.25, -0.2) is 8.78 Å². The lowest BCUT2D eigenvalue weighted by Crippen LogP contribution is -2.53. The molecule has 3 atom stereocenters. The van der Waals surface area contributed by atoms with Gasteiger partial charge in [-0.1, -0.05) is 6.92 Å². The third kappa shape index (κ3) is 3.04. The molecule has 0 N–H and O–H groups in total. The predicted molar refractivity (Wildman–Crippen MR) is 56.2 cm³/mol. The molecule has 1 fully saturated rings. The molecule has 1 rings (SSSR count). The van der Waals surface area contributed by atoms with E-state index < -0.39 is 30.7 Å². The van der Waals surface area contributed by atoms with Gasteiger partial charge in [0.05, 0.1) is 19.3 Å². The molecular formula is C11H16F6O3. The molecular weight excluding hydrogens is 294 g/mol. The van der Waals surface area contributed by atoms with Gasteiger partial charge in [-0.2, -0.15) is 17.6 Å². The Hall–Kier alpha value is -0.540. The fourth-order valence-electron chi connectivity index (χ4n) is 1.46. The van der Waals surface area contributed by atoms with E-state index in [0.717, 1.165) is 0 Å². The zero-order chi connectivity index (χ0) is 15.6. The highest BCUT2D eigenvalue weighted by molar-refractivity contribution is 5.04. The molecule has 0 spiro atoms. The second kappa shape index (κ2) is 6.07. The van der Waals surface area contributed by atoms with Crippen molar-refractivity contribution in [1.82, 2.24) is 0 Å². The Balaban J connectivity index is 2.47. The van der Waals surface area contributed by atoms with Crippen molar-refractivity contribution in [2.24, 2.45) is 0 Å². The summed E-state index contributed by atoms with van der Waals surface area (Å²) in [6.07, 6.45) is -3.13. The van der Waals surface area contributed by atoms with Gasteiger partial charge in [-0.3, -0.25) is 4.74 Å². The maximum Gasteiger partial charge on any atom is 0.375 e. The average molecular weight is 310 g/mol. The predicted octanol–water partition coefficient (Wildman–Crippen LogP) is 3.08. The molecule has 1 aliphatic heterocycles. The Morgan fingerprint density at radius 2 is 1.75 bits per heavy atom. The first-order valence-electron chi connectivity index (χ1n) is 6.04. The van der Waals surface area contributed by atoms with Gasteiger partial charge in [0.2, 0.25) is 0 Å².